The van der Waals surface area contributed by atoms with Gasteiger partial charge >= 0.3 is 5.97 Å². The van der Waals surface area contributed by atoms with Crippen molar-refractivity contribution < 1.29 is 9.53 Å². The largest absolute Gasteiger partial charge is 0.463 e. The summed E-state index contributed by atoms with van der Waals surface area (Å²) in [5, 5.41) is 10.0. The van der Waals surface area contributed by atoms with Gasteiger partial charge < -0.3 is 10.1 Å². The Kier molecular flexibility index (Phi) is 3.74. The number of anilines is 2. The molecule has 2 aromatic heterocycles. The molecule has 0 aliphatic rings. The van der Waals surface area contributed by atoms with Crippen LogP contribution in [0.1, 0.15) is 36.1 Å². The number of aromatic amines is 1. The van der Waals surface area contributed by atoms with E-state index in [1.165, 1.54) is 13.3 Å². The van der Waals surface area contributed by atoms with Crippen LogP contribution >= 0.6 is 0 Å². The third-order valence-corrected chi connectivity index (χ3v) is 2.50. The molecule has 0 aliphatic carbocycles. The summed E-state index contributed by atoms with van der Waals surface area (Å²) in [5.41, 5.74) is 1.02. The van der Waals surface area contributed by atoms with Gasteiger partial charge in [-0.25, -0.2) is 14.8 Å². The van der Waals surface area contributed by atoms with E-state index in [1.807, 2.05) is 6.07 Å². The molecule has 0 bridgehead atoms. The predicted octanol–water partition coefficient (Wildman–Crippen LogP) is 1.85. The highest BCUT2D eigenvalue weighted by Crippen LogP contribution is 2.17. The van der Waals surface area contributed by atoms with E-state index < -0.39 is 5.97 Å². The number of rotatable bonds is 4. The molecule has 0 saturated carbocycles. The summed E-state index contributed by atoms with van der Waals surface area (Å²) in [6.07, 6.45) is 1.48. The highest BCUT2D eigenvalue weighted by Gasteiger charge is 2.10. The number of aromatic nitrogens is 4. The Hall–Kier alpha value is -2.44. The molecule has 0 fully saturated rings. The first-order chi connectivity index (χ1) is 9.10. The van der Waals surface area contributed by atoms with Crippen LogP contribution in [0, 0.1) is 0 Å². The Morgan fingerprint density at radius 3 is 2.84 bits per heavy atom. The van der Waals surface area contributed by atoms with E-state index in [4.69, 9.17) is 0 Å². The van der Waals surface area contributed by atoms with Crippen molar-refractivity contribution in [3.8, 4) is 0 Å². The molecule has 19 heavy (non-hydrogen) atoms. The van der Waals surface area contributed by atoms with Gasteiger partial charge in [-0.15, -0.1) is 0 Å². The molecule has 7 nitrogen and oxygen atoms in total. The smallest absolute Gasteiger partial charge is 0.376 e. The molecule has 7 heteroatoms. The van der Waals surface area contributed by atoms with Crippen LogP contribution in [0.25, 0.3) is 0 Å². The number of carbonyl (C=O) groups is 1. The van der Waals surface area contributed by atoms with Crippen LogP contribution in [0.2, 0.25) is 0 Å². The van der Waals surface area contributed by atoms with E-state index in [-0.39, 0.29) is 5.82 Å². The van der Waals surface area contributed by atoms with Crippen molar-refractivity contribution in [3.63, 3.8) is 0 Å². The second-order valence-corrected chi connectivity index (χ2v) is 4.25. The van der Waals surface area contributed by atoms with Gasteiger partial charge in [-0.1, -0.05) is 13.8 Å². The lowest BCUT2D eigenvalue weighted by Gasteiger charge is -2.03. The molecule has 2 aromatic rings. The van der Waals surface area contributed by atoms with E-state index in [9.17, 15) is 4.79 Å². The lowest BCUT2D eigenvalue weighted by Crippen LogP contribution is -2.08. The molecule has 0 aromatic carbocycles. The lowest BCUT2D eigenvalue weighted by atomic mass is 10.1. The fraction of sp³-hybridized carbons (Fsp3) is 0.333. The minimum Gasteiger partial charge on any atom is -0.463 e. The van der Waals surface area contributed by atoms with E-state index in [1.54, 1.807) is 6.07 Å². The number of esters is 1. The van der Waals surface area contributed by atoms with Crippen molar-refractivity contribution in [1.29, 1.82) is 0 Å². The van der Waals surface area contributed by atoms with Crippen LogP contribution in [0.3, 0.4) is 0 Å². The maximum absolute atomic E-state index is 11.3. The second-order valence-electron chi connectivity index (χ2n) is 4.25. The minimum atomic E-state index is -0.575. The van der Waals surface area contributed by atoms with Gasteiger partial charge in [0.05, 0.1) is 7.11 Å². The molecule has 0 atom stereocenters. The fourth-order valence-corrected chi connectivity index (χ4v) is 1.45. The van der Waals surface area contributed by atoms with Crippen LogP contribution in [-0.4, -0.2) is 33.2 Å². The number of H-pyrrole nitrogens is 1. The average molecular weight is 261 g/mol. The van der Waals surface area contributed by atoms with Crippen LogP contribution in [0.5, 0.6) is 0 Å². The Balaban J connectivity index is 2.16. The van der Waals surface area contributed by atoms with Crippen LogP contribution < -0.4 is 5.32 Å². The van der Waals surface area contributed by atoms with Gasteiger partial charge in [-0.3, -0.25) is 5.10 Å². The first-order valence-corrected chi connectivity index (χ1v) is 5.84. The van der Waals surface area contributed by atoms with Gasteiger partial charge in [0.1, 0.15) is 5.82 Å². The van der Waals surface area contributed by atoms with Crippen molar-refractivity contribution >= 4 is 17.6 Å². The van der Waals surface area contributed by atoms with E-state index in [0.29, 0.717) is 17.6 Å². The third kappa shape index (κ3) is 3.06. The fourth-order valence-electron chi connectivity index (χ4n) is 1.45. The molecule has 0 amide bonds. The van der Waals surface area contributed by atoms with Gasteiger partial charge in [0.2, 0.25) is 5.82 Å². The number of ether oxygens (including phenoxy) is 1. The average Bonchev–Trinajstić information content (AvgIpc) is 2.87. The molecule has 2 N–H and O–H groups in total. The summed E-state index contributed by atoms with van der Waals surface area (Å²) < 4.78 is 4.56. The quantitative estimate of drug-likeness (QED) is 0.816. The Morgan fingerprint density at radius 1 is 1.42 bits per heavy atom. The number of hydrogen-bond acceptors (Lipinski definition) is 6. The van der Waals surface area contributed by atoms with E-state index >= 15 is 0 Å². The van der Waals surface area contributed by atoms with Gasteiger partial charge in [0, 0.05) is 18.0 Å². The highest BCUT2D eigenvalue weighted by molar-refractivity contribution is 5.85. The minimum absolute atomic E-state index is 0.00659. The third-order valence-electron chi connectivity index (χ3n) is 2.50. The molecule has 0 radical (unpaired) electrons. The summed E-state index contributed by atoms with van der Waals surface area (Å²) in [5.74, 6) is 0.912. The summed E-state index contributed by atoms with van der Waals surface area (Å²) >= 11 is 0. The summed E-state index contributed by atoms with van der Waals surface area (Å²) in [6.45, 7) is 4.13. The van der Waals surface area contributed by atoms with Crippen LogP contribution in [-0.2, 0) is 4.74 Å². The van der Waals surface area contributed by atoms with Crippen molar-refractivity contribution in [1.82, 2.24) is 20.2 Å². The summed E-state index contributed by atoms with van der Waals surface area (Å²) in [4.78, 5) is 19.2. The highest BCUT2D eigenvalue weighted by atomic mass is 16.5. The van der Waals surface area contributed by atoms with Gasteiger partial charge in [-0.2, -0.15) is 5.10 Å². The maximum atomic E-state index is 11.3. The number of nitrogens with one attached hydrogen (secondary N) is 2. The maximum Gasteiger partial charge on any atom is 0.376 e. The summed E-state index contributed by atoms with van der Waals surface area (Å²) in [6, 6.07) is 3.54. The molecule has 100 valence electrons. The Bertz CT molecular complexity index is 579. The molecule has 2 rings (SSSR count). The Morgan fingerprint density at radius 2 is 2.21 bits per heavy atom. The zero-order valence-electron chi connectivity index (χ0n) is 11.0. The number of methoxy groups -OCH3 is 1. The molecule has 0 aliphatic heterocycles. The molecule has 2 heterocycles. The molecular weight excluding hydrogens is 246 g/mol. The van der Waals surface area contributed by atoms with Crippen LogP contribution in [0.4, 0.5) is 11.6 Å². The first-order valence-electron chi connectivity index (χ1n) is 5.84. The van der Waals surface area contributed by atoms with E-state index in [2.05, 4.69) is 44.1 Å². The topological polar surface area (TPSA) is 92.8 Å². The van der Waals surface area contributed by atoms with Crippen LogP contribution in [0.15, 0.2) is 18.3 Å². The zero-order valence-corrected chi connectivity index (χ0v) is 11.0. The molecule has 0 spiro atoms. The standard InChI is InChI=1S/C12H15N5O2/c1-7(2)8-6-10(17-16-8)14-9-4-5-13-11(15-9)12(18)19-3/h4-7H,1-3H3,(H2,13,14,15,16,17). The normalized spacial score (nSPS) is 10.5. The van der Waals surface area contributed by atoms with Crippen molar-refractivity contribution in [2.45, 2.75) is 19.8 Å². The van der Waals surface area contributed by atoms with Gasteiger partial charge in [-0.05, 0) is 12.0 Å². The van der Waals surface area contributed by atoms with Crippen molar-refractivity contribution in [3.05, 3.63) is 29.8 Å². The van der Waals surface area contributed by atoms with Crippen molar-refractivity contribution in [2.24, 2.45) is 0 Å². The number of hydrogen-bond donors (Lipinski definition) is 2. The second kappa shape index (κ2) is 5.47. The zero-order chi connectivity index (χ0) is 13.8. The monoisotopic (exact) mass is 261 g/mol. The van der Waals surface area contributed by atoms with Gasteiger partial charge in [0.15, 0.2) is 5.82 Å². The number of nitrogens with zero attached hydrogens (tertiary/aromatic N) is 3. The number of carbonyl (C=O) groups excluding carboxylic acids is 1. The summed E-state index contributed by atoms with van der Waals surface area (Å²) in [7, 11) is 1.29. The molecule has 0 saturated heterocycles. The SMILES string of the molecule is COC(=O)c1nccc(Nc2cc(C(C)C)[nH]n2)n1. The molecule has 0 unspecified atom stereocenters. The lowest BCUT2D eigenvalue weighted by molar-refractivity contribution is 0.0587. The molecular formula is C12H15N5O2. The van der Waals surface area contributed by atoms with E-state index in [0.717, 1.165) is 5.69 Å². The van der Waals surface area contributed by atoms with Crippen molar-refractivity contribution in [2.75, 3.05) is 12.4 Å². The Labute approximate surface area is 110 Å². The first kappa shape index (κ1) is 13.0. The predicted molar refractivity (Wildman–Crippen MR) is 69.3 cm³/mol. The van der Waals surface area contributed by atoms with Gasteiger partial charge in [0.25, 0.3) is 0 Å².